The van der Waals surface area contributed by atoms with E-state index in [1.165, 1.54) is 26.2 Å². The molecule has 0 amide bonds. The maximum Gasteiger partial charge on any atom is 0.417 e. The standard InChI is InChI=1S/C14H11ClFN3O2/c1-14(2,16)10-6-17-9(5-18-10)7-3-4-8(15)11-12(7)21-13(20)19-11/h3-6H,1-2H3,(H,19,20). The first-order valence-corrected chi connectivity index (χ1v) is 6.57. The first-order chi connectivity index (χ1) is 9.86. The second-order valence-corrected chi connectivity index (χ2v) is 5.48. The summed E-state index contributed by atoms with van der Waals surface area (Å²) in [6, 6.07) is 3.30. The number of halogens is 2. The van der Waals surface area contributed by atoms with Gasteiger partial charge in [0.2, 0.25) is 0 Å². The van der Waals surface area contributed by atoms with Gasteiger partial charge in [-0.15, -0.1) is 0 Å². The maximum absolute atomic E-state index is 13.8. The minimum atomic E-state index is -1.57. The molecule has 0 aliphatic carbocycles. The number of oxazole rings is 1. The van der Waals surface area contributed by atoms with E-state index in [0.29, 0.717) is 27.4 Å². The molecule has 1 aromatic carbocycles. The highest BCUT2D eigenvalue weighted by Crippen LogP contribution is 2.31. The highest BCUT2D eigenvalue weighted by atomic mass is 35.5. The van der Waals surface area contributed by atoms with Crippen LogP contribution in [-0.4, -0.2) is 15.0 Å². The number of aromatic amines is 1. The third kappa shape index (κ3) is 2.42. The Hall–Kier alpha value is -2.21. The van der Waals surface area contributed by atoms with E-state index in [1.54, 1.807) is 12.1 Å². The number of nitrogens with one attached hydrogen (secondary N) is 1. The first-order valence-electron chi connectivity index (χ1n) is 6.19. The van der Waals surface area contributed by atoms with E-state index in [4.69, 9.17) is 16.0 Å². The molecule has 5 nitrogen and oxygen atoms in total. The SMILES string of the molecule is CC(C)(F)c1cnc(-c2ccc(Cl)c3[nH]c(=O)oc23)cn1. The van der Waals surface area contributed by atoms with Gasteiger partial charge in [0.25, 0.3) is 0 Å². The summed E-state index contributed by atoms with van der Waals surface area (Å²) in [5, 5.41) is 0.370. The summed E-state index contributed by atoms with van der Waals surface area (Å²) < 4.78 is 18.9. The highest BCUT2D eigenvalue weighted by Gasteiger charge is 2.21. The second kappa shape index (κ2) is 4.66. The predicted octanol–water partition coefficient (Wildman–Crippen LogP) is 3.44. The van der Waals surface area contributed by atoms with Crippen molar-refractivity contribution in [3.05, 3.63) is 45.8 Å². The second-order valence-electron chi connectivity index (χ2n) is 5.07. The fraction of sp³-hybridized carbons (Fsp3) is 0.214. The molecule has 7 heteroatoms. The molecule has 1 N–H and O–H groups in total. The third-order valence-corrected chi connectivity index (χ3v) is 3.38. The molecule has 0 atom stereocenters. The van der Waals surface area contributed by atoms with Gasteiger partial charge in [-0.25, -0.2) is 9.18 Å². The van der Waals surface area contributed by atoms with Gasteiger partial charge in [0.05, 0.1) is 28.8 Å². The van der Waals surface area contributed by atoms with E-state index in [9.17, 15) is 9.18 Å². The van der Waals surface area contributed by atoms with Crippen LogP contribution in [0, 0.1) is 0 Å². The van der Waals surface area contributed by atoms with Crippen molar-refractivity contribution in [2.24, 2.45) is 0 Å². The zero-order chi connectivity index (χ0) is 15.2. The molecule has 0 spiro atoms. The van der Waals surface area contributed by atoms with E-state index in [-0.39, 0.29) is 5.69 Å². The molecule has 0 saturated carbocycles. The van der Waals surface area contributed by atoms with Crippen molar-refractivity contribution in [2.75, 3.05) is 0 Å². The van der Waals surface area contributed by atoms with Gasteiger partial charge in [-0.3, -0.25) is 15.0 Å². The number of rotatable bonds is 2. The topological polar surface area (TPSA) is 71.8 Å². The van der Waals surface area contributed by atoms with Crippen molar-refractivity contribution in [3.63, 3.8) is 0 Å². The summed E-state index contributed by atoms with van der Waals surface area (Å²) in [7, 11) is 0. The zero-order valence-electron chi connectivity index (χ0n) is 11.3. The molecule has 0 aliphatic heterocycles. The predicted molar refractivity (Wildman–Crippen MR) is 77.0 cm³/mol. The van der Waals surface area contributed by atoms with E-state index in [2.05, 4.69) is 15.0 Å². The number of nitrogens with zero attached hydrogens (tertiary/aromatic N) is 2. The normalized spacial score (nSPS) is 12.0. The number of benzene rings is 1. The number of fused-ring (bicyclic) bond motifs is 1. The Morgan fingerprint density at radius 3 is 2.67 bits per heavy atom. The fourth-order valence-corrected chi connectivity index (χ4v) is 2.17. The van der Waals surface area contributed by atoms with Crippen LogP contribution < -0.4 is 5.76 Å². The van der Waals surface area contributed by atoms with Gasteiger partial charge in [0.15, 0.2) is 5.58 Å². The summed E-state index contributed by atoms with van der Waals surface area (Å²) in [6.45, 7) is 2.81. The van der Waals surface area contributed by atoms with Gasteiger partial charge in [0, 0.05) is 5.56 Å². The van der Waals surface area contributed by atoms with Crippen LogP contribution in [0.2, 0.25) is 5.02 Å². The Kier molecular flexibility index (Phi) is 3.06. The lowest BCUT2D eigenvalue weighted by Gasteiger charge is -2.12. The van der Waals surface area contributed by atoms with Crippen molar-refractivity contribution in [3.8, 4) is 11.3 Å². The van der Waals surface area contributed by atoms with Crippen molar-refractivity contribution >= 4 is 22.7 Å². The molecule has 0 saturated heterocycles. The van der Waals surface area contributed by atoms with Crippen molar-refractivity contribution in [1.29, 1.82) is 0 Å². The van der Waals surface area contributed by atoms with Crippen molar-refractivity contribution in [2.45, 2.75) is 19.5 Å². The van der Waals surface area contributed by atoms with E-state index >= 15 is 0 Å². The molecule has 2 heterocycles. The van der Waals surface area contributed by atoms with Crippen LogP contribution in [0.15, 0.2) is 33.7 Å². The Labute approximate surface area is 123 Å². The molecule has 0 aliphatic rings. The summed E-state index contributed by atoms with van der Waals surface area (Å²) in [6.07, 6.45) is 2.80. The molecular weight excluding hydrogens is 297 g/mol. The molecule has 21 heavy (non-hydrogen) atoms. The minimum absolute atomic E-state index is 0.229. The van der Waals surface area contributed by atoms with Crippen LogP contribution >= 0.6 is 11.6 Å². The fourth-order valence-electron chi connectivity index (χ4n) is 1.98. The Morgan fingerprint density at radius 2 is 2.05 bits per heavy atom. The Balaban J connectivity index is 2.17. The number of alkyl halides is 1. The number of aromatic nitrogens is 3. The van der Waals surface area contributed by atoms with Crippen LogP contribution in [0.5, 0.6) is 0 Å². The van der Waals surface area contributed by atoms with Gasteiger partial charge in [-0.1, -0.05) is 11.6 Å². The van der Waals surface area contributed by atoms with Crippen LogP contribution in [0.3, 0.4) is 0 Å². The van der Waals surface area contributed by atoms with Crippen LogP contribution in [0.4, 0.5) is 4.39 Å². The average Bonchev–Trinajstić information content (AvgIpc) is 2.81. The number of hydrogen-bond donors (Lipinski definition) is 1. The smallest absolute Gasteiger partial charge is 0.407 e. The van der Waals surface area contributed by atoms with Gasteiger partial charge < -0.3 is 4.42 Å². The molecule has 0 radical (unpaired) electrons. The Bertz CT molecular complexity index is 863. The molecule has 0 fully saturated rings. The number of H-pyrrole nitrogens is 1. The van der Waals surface area contributed by atoms with Gasteiger partial charge in [-0.05, 0) is 26.0 Å². The summed E-state index contributed by atoms with van der Waals surface area (Å²) in [5.41, 5.74) is 0.384. The Morgan fingerprint density at radius 1 is 1.29 bits per heavy atom. The largest absolute Gasteiger partial charge is 0.417 e. The lowest BCUT2D eigenvalue weighted by atomic mass is 10.1. The van der Waals surface area contributed by atoms with Crippen LogP contribution in [-0.2, 0) is 5.67 Å². The summed E-state index contributed by atoms with van der Waals surface area (Å²) in [5.74, 6) is -0.603. The molecule has 3 aromatic rings. The monoisotopic (exact) mass is 307 g/mol. The van der Waals surface area contributed by atoms with Gasteiger partial charge in [0.1, 0.15) is 11.2 Å². The summed E-state index contributed by atoms with van der Waals surface area (Å²) in [4.78, 5) is 22.1. The molecule has 0 unspecified atom stereocenters. The first kappa shape index (κ1) is 13.8. The summed E-state index contributed by atoms with van der Waals surface area (Å²) >= 11 is 6.00. The minimum Gasteiger partial charge on any atom is -0.407 e. The van der Waals surface area contributed by atoms with E-state index < -0.39 is 11.4 Å². The van der Waals surface area contributed by atoms with Crippen molar-refractivity contribution in [1.82, 2.24) is 15.0 Å². The lowest BCUT2D eigenvalue weighted by molar-refractivity contribution is 0.213. The third-order valence-electron chi connectivity index (χ3n) is 3.07. The van der Waals surface area contributed by atoms with Crippen LogP contribution in [0.25, 0.3) is 22.4 Å². The molecule has 108 valence electrons. The van der Waals surface area contributed by atoms with E-state index in [1.807, 2.05) is 0 Å². The molecular formula is C14H11ClFN3O2. The lowest BCUT2D eigenvalue weighted by Crippen LogP contribution is -2.11. The van der Waals surface area contributed by atoms with Crippen LogP contribution in [0.1, 0.15) is 19.5 Å². The quantitative estimate of drug-likeness (QED) is 0.787. The van der Waals surface area contributed by atoms with Gasteiger partial charge in [-0.2, -0.15) is 0 Å². The highest BCUT2D eigenvalue weighted by molar-refractivity contribution is 6.35. The van der Waals surface area contributed by atoms with Gasteiger partial charge >= 0.3 is 5.76 Å². The zero-order valence-corrected chi connectivity index (χ0v) is 12.0. The molecule has 3 rings (SSSR count). The van der Waals surface area contributed by atoms with E-state index in [0.717, 1.165) is 0 Å². The maximum atomic E-state index is 13.8. The average molecular weight is 308 g/mol. The molecule has 0 bridgehead atoms. The molecule has 2 aromatic heterocycles. The van der Waals surface area contributed by atoms with Crippen molar-refractivity contribution < 1.29 is 8.81 Å². The number of hydrogen-bond acceptors (Lipinski definition) is 4.